The Hall–Kier alpha value is -1.25. The molecule has 1 aromatic carbocycles. The highest BCUT2D eigenvalue weighted by Gasteiger charge is 2.19. The van der Waals surface area contributed by atoms with Gasteiger partial charge in [0.25, 0.3) is 0 Å². The van der Waals surface area contributed by atoms with Gasteiger partial charge in [-0.2, -0.15) is 0 Å². The molecule has 0 fully saturated rings. The van der Waals surface area contributed by atoms with Crippen molar-refractivity contribution in [2.24, 2.45) is 0 Å². The lowest BCUT2D eigenvalue weighted by molar-refractivity contribution is 0.633. The minimum atomic E-state index is -0.195. The van der Waals surface area contributed by atoms with Gasteiger partial charge in [0.1, 0.15) is 12.5 Å². The van der Waals surface area contributed by atoms with Crippen LogP contribution in [0.2, 0.25) is 0 Å². The van der Waals surface area contributed by atoms with Crippen molar-refractivity contribution in [2.45, 2.75) is 6.92 Å². The van der Waals surface area contributed by atoms with Crippen LogP contribution in [0.4, 0.5) is 15.8 Å². The molecule has 1 heterocycles. The van der Waals surface area contributed by atoms with Gasteiger partial charge in [-0.3, -0.25) is 0 Å². The summed E-state index contributed by atoms with van der Waals surface area (Å²) in [6, 6.07) is 5.08. The van der Waals surface area contributed by atoms with Crippen molar-refractivity contribution < 1.29 is 4.39 Å². The lowest BCUT2D eigenvalue weighted by Gasteiger charge is -2.13. The van der Waals surface area contributed by atoms with E-state index in [4.69, 9.17) is 0 Å². The molecule has 1 aromatic rings. The van der Waals surface area contributed by atoms with Gasteiger partial charge in [0.15, 0.2) is 0 Å². The summed E-state index contributed by atoms with van der Waals surface area (Å²) in [5, 5.41) is 2.90. The molecule has 12 heavy (non-hydrogen) atoms. The van der Waals surface area contributed by atoms with Crippen LogP contribution in [0.15, 0.2) is 18.2 Å². The van der Waals surface area contributed by atoms with E-state index in [0.717, 1.165) is 12.2 Å². The second-order valence-electron chi connectivity index (χ2n) is 2.69. The van der Waals surface area contributed by atoms with Crippen molar-refractivity contribution in [2.75, 3.05) is 16.8 Å². The van der Waals surface area contributed by atoms with Crippen molar-refractivity contribution in [1.29, 1.82) is 0 Å². The van der Waals surface area contributed by atoms with Crippen LogP contribution in [0.5, 0.6) is 0 Å². The van der Waals surface area contributed by atoms with Crippen LogP contribution >= 0.6 is 0 Å². The van der Waals surface area contributed by atoms with E-state index in [1.165, 1.54) is 6.07 Å². The van der Waals surface area contributed by atoms with Gasteiger partial charge in [-0.25, -0.2) is 4.39 Å². The number of hydrogen-bond acceptors (Lipinski definition) is 2. The van der Waals surface area contributed by atoms with Crippen molar-refractivity contribution in [3.8, 4) is 0 Å². The summed E-state index contributed by atoms with van der Waals surface area (Å²) in [6.45, 7) is 4.66. The third-order valence-corrected chi connectivity index (χ3v) is 2.01. The summed E-state index contributed by atoms with van der Waals surface area (Å²) in [5.41, 5.74) is 1.50. The van der Waals surface area contributed by atoms with Gasteiger partial charge < -0.3 is 10.2 Å². The maximum Gasteiger partial charge on any atom is 0.148 e. The minimum absolute atomic E-state index is 0.195. The van der Waals surface area contributed by atoms with Gasteiger partial charge >= 0.3 is 0 Å². The third-order valence-electron chi connectivity index (χ3n) is 2.01. The highest BCUT2D eigenvalue weighted by molar-refractivity contribution is 5.77. The number of nitrogens with zero attached hydrogens (tertiary/aromatic N) is 1. The maximum absolute atomic E-state index is 13.1. The standard InChI is InChI=1S/C9H10FN2/c1-2-12-6-11-9-7(10)4-3-5-8(9)12/h3-6,11H,2H2,1H3. The Labute approximate surface area is 71.0 Å². The lowest BCUT2D eigenvalue weighted by atomic mass is 10.2. The number of nitrogens with one attached hydrogen (secondary N) is 1. The Morgan fingerprint density at radius 2 is 2.33 bits per heavy atom. The van der Waals surface area contributed by atoms with Gasteiger partial charge in [-0.15, -0.1) is 0 Å². The molecule has 0 amide bonds. The lowest BCUT2D eigenvalue weighted by Crippen LogP contribution is -2.16. The Bertz CT molecular complexity index is 299. The zero-order valence-electron chi connectivity index (χ0n) is 6.84. The summed E-state index contributed by atoms with van der Waals surface area (Å²) in [4.78, 5) is 1.97. The van der Waals surface area contributed by atoms with Gasteiger partial charge in [0.2, 0.25) is 0 Å². The number of anilines is 2. The van der Waals surface area contributed by atoms with Crippen molar-refractivity contribution in [3.63, 3.8) is 0 Å². The third kappa shape index (κ3) is 0.932. The first-order valence-electron chi connectivity index (χ1n) is 3.98. The predicted octanol–water partition coefficient (Wildman–Crippen LogP) is 2.20. The van der Waals surface area contributed by atoms with Gasteiger partial charge in [-0.1, -0.05) is 6.07 Å². The minimum Gasteiger partial charge on any atom is -0.358 e. The summed E-state index contributed by atoms with van der Waals surface area (Å²) in [6.07, 6.45) is 0. The maximum atomic E-state index is 13.1. The molecule has 0 saturated heterocycles. The predicted molar refractivity (Wildman–Crippen MR) is 47.3 cm³/mol. The molecule has 0 unspecified atom stereocenters. The zero-order valence-corrected chi connectivity index (χ0v) is 6.84. The number of hydrogen-bond donors (Lipinski definition) is 1. The van der Waals surface area contributed by atoms with E-state index in [0.29, 0.717) is 5.69 Å². The van der Waals surface area contributed by atoms with Crippen LogP contribution in [-0.4, -0.2) is 6.54 Å². The van der Waals surface area contributed by atoms with E-state index in [1.807, 2.05) is 17.9 Å². The van der Waals surface area contributed by atoms with E-state index in [-0.39, 0.29) is 5.82 Å². The monoisotopic (exact) mass is 165 g/mol. The van der Waals surface area contributed by atoms with E-state index < -0.39 is 0 Å². The normalized spacial score (nSPS) is 14.3. The molecule has 63 valence electrons. The fraction of sp³-hybridized carbons (Fsp3) is 0.222. The van der Waals surface area contributed by atoms with Crippen LogP contribution in [-0.2, 0) is 0 Å². The highest BCUT2D eigenvalue weighted by atomic mass is 19.1. The molecular formula is C9H10FN2. The molecule has 2 nitrogen and oxygen atoms in total. The molecule has 0 aliphatic carbocycles. The number of rotatable bonds is 1. The molecular weight excluding hydrogens is 155 g/mol. The first kappa shape index (κ1) is 7.40. The van der Waals surface area contributed by atoms with Gasteiger partial charge in [0, 0.05) is 6.54 Å². The fourth-order valence-electron chi connectivity index (χ4n) is 1.37. The van der Waals surface area contributed by atoms with Crippen LogP contribution in [0.1, 0.15) is 6.92 Å². The molecule has 0 spiro atoms. The summed E-state index contributed by atoms with van der Waals surface area (Å²) < 4.78 is 13.1. The average Bonchev–Trinajstić information content (AvgIpc) is 2.49. The smallest absolute Gasteiger partial charge is 0.148 e. The Morgan fingerprint density at radius 3 is 3.08 bits per heavy atom. The molecule has 2 rings (SSSR count). The second kappa shape index (κ2) is 2.66. The van der Waals surface area contributed by atoms with Gasteiger partial charge in [0.05, 0.1) is 11.4 Å². The molecule has 0 atom stereocenters. The van der Waals surface area contributed by atoms with Crippen molar-refractivity contribution >= 4 is 11.4 Å². The topological polar surface area (TPSA) is 15.3 Å². The summed E-state index contributed by atoms with van der Waals surface area (Å²) in [5.74, 6) is -0.195. The first-order chi connectivity index (χ1) is 5.83. The van der Waals surface area contributed by atoms with E-state index in [9.17, 15) is 4.39 Å². The average molecular weight is 165 g/mol. The van der Waals surface area contributed by atoms with E-state index >= 15 is 0 Å². The summed E-state index contributed by atoms with van der Waals surface area (Å²) >= 11 is 0. The first-order valence-corrected chi connectivity index (χ1v) is 3.98. The van der Waals surface area contributed by atoms with E-state index in [1.54, 1.807) is 12.7 Å². The molecule has 0 aromatic heterocycles. The fourth-order valence-corrected chi connectivity index (χ4v) is 1.37. The number of halogens is 1. The van der Waals surface area contributed by atoms with Crippen LogP contribution in [0, 0.1) is 12.5 Å². The van der Waals surface area contributed by atoms with Gasteiger partial charge in [-0.05, 0) is 19.1 Å². The largest absolute Gasteiger partial charge is 0.358 e. The Morgan fingerprint density at radius 1 is 1.50 bits per heavy atom. The van der Waals surface area contributed by atoms with Crippen LogP contribution in [0.25, 0.3) is 0 Å². The molecule has 3 heteroatoms. The van der Waals surface area contributed by atoms with E-state index in [2.05, 4.69) is 5.32 Å². The van der Waals surface area contributed by atoms with Crippen LogP contribution < -0.4 is 10.2 Å². The Balaban J connectivity index is 2.46. The SMILES string of the molecule is CCN1[CH]Nc2c(F)cccc21. The number of para-hydroxylation sites is 1. The number of benzene rings is 1. The molecule has 0 saturated carbocycles. The molecule has 1 aliphatic heterocycles. The highest BCUT2D eigenvalue weighted by Crippen LogP contribution is 2.34. The van der Waals surface area contributed by atoms with Crippen molar-refractivity contribution in [1.82, 2.24) is 0 Å². The summed E-state index contributed by atoms with van der Waals surface area (Å²) in [7, 11) is 0. The molecule has 0 bridgehead atoms. The zero-order chi connectivity index (χ0) is 8.55. The Kier molecular flexibility index (Phi) is 1.64. The number of fused-ring (bicyclic) bond motifs is 1. The molecule has 1 radical (unpaired) electrons. The molecule has 1 N–H and O–H groups in total. The van der Waals surface area contributed by atoms with Crippen LogP contribution in [0.3, 0.4) is 0 Å². The molecule has 1 aliphatic rings. The quantitative estimate of drug-likeness (QED) is 0.686. The van der Waals surface area contributed by atoms with Crippen molar-refractivity contribution in [3.05, 3.63) is 30.7 Å². The second-order valence-corrected chi connectivity index (χ2v) is 2.69.